The fraction of sp³-hybridized carbons (Fsp3) is 1.00. The number of hydrogen-bond acceptors (Lipinski definition) is 20. The summed E-state index contributed by atoms with van der Waals surface area (Å²) in [4.78, 5) is 18.1. The van der Waals surface area contributed by atoms with E-state index in [1.165, 1.54) is 6.92 Å². The van der Waals surface area contributed by atoms with E-state index in [-0.39, 0.29) is 0 Å². The van der Waals surface area contributed by atoms with Gasteiger partial charge >= 0.3 is 7.82 Å². The van der Waals surface area contributed by atoms with E-state index in [2.05, 4.69) is 4.52 Å². The molecule has 0 spiro atoms. The number of phosphoric ester groups is 1. The average molecular weight is 703 g/mol. The highest BCUT2D eigenvalue weighted by molar-refractivity contribution is 7.46. The van der Waals surface area contributed by atoms with E-state index in [0.717, 1.165) is 0 Å². The average Bonchev–Trinajstić information content (AvgIpc) is 3.01. The van der Waals surface area contributed by atoms with Gasteiger partial charge in [-0.15, -0.1) is 0 Å². The summed E-state index contributed by atoms with van der Waals surface area (Å²) in [5.74, 6) is 0. The predicted molar refractivity (Wildman–Crippen MR) is 140 cm³/mol. The first-order chi connectivity index (χ1) is 21.4. The van der Waals surface area contributed by atoms with Crippen molar-refractivity contribution in [2.75, 3.05) is 26.4 Å². The molecule has 22 nitrogen and oxygen atoms in total. The Bertz CT molecular complexity index is 972. The molecule has 0 unspecified atom stereocenters. The van der Waals surface area contributed by atoms with Crippen molar-refractivity contribution in [3.8, 4) is 0 Å². The first kappa shape index (κ1) is 39.8. The normalized spacial score (nSPS) is 44.5. The highest BCUT2D eigenvalue weighted by Gasteiger charge is 2.54. The minimum Gasteiger partial charge on any atom is -0.394 e. The van der Waals surface area contributed by atoms with Crippen LogP contribution in [0.3, 0.4) is 0 Å². The molecular weight excluding hydrogens is 659 g/mol. The Balaban J connectivity index is 1.81. The zero-order valence-electron chi connectivity index (χ0n) is 24.2. The van der Waals surface area contributed by atoms with Crippen LogP contribution in [0.15, 0.2) is 0 Å². The van der Waals surface area contributed by atoms with Gasteiger partial charge in [-0.3, -0.25) is 4.52 Å². The van der Waals surface area contributed by atoms with Crippen LogP contribution in [0.1, 0.15) is 6.92 Å². The third-order valence-electron chi connectivity index (χ3n) is 7.71. The van der Waals surface area contributed by atoms with Crippen LogP contribution in [-0.4, -0.2) is 208 Å². The highest BCUT2D eigenvalue weighted by Crippen LogP contribution is 2.37. The Morgan fingerprint density at radius 1 is 0.674 bits per heavy atom. The van der Waals surface area contributed by atoms with Gasteiger partial charge in [-0.1, -0.05) is 0 Å². The third-order valence-corrected chi connectivity index (χ3v) is 8.20. The minimum atomic E-state index is -5.14. The van der Waals surface area contributed by atoms with Crippen LogP contribution in [0.2, 0.25) is 0 Å². The molecular formula is C23H43O22P. The minimum absolute atomic E-state index is 0.822. The fourth-order valence-electron chi connectivity index (χ4n) is 5.00. The maximum Gasteiger partial charge on any atom is 0.469 e. The van der Waals surface area contributed by atoms with Crippen LogP contribution in [0.5, 0.6) is 0 Å². The number of aliphatic hydroxyl groups excluding tert-OH is 12. The summed E-state index contributed by atoms with van der Waals surface area (Å²) < 4.78 is 48.1. The number of phosphoric acid groups is 1. The lowest BCUT2D eigenvalue weighted by atomic mass is 9.96. The standard InChI is InChI=1S/C23H43O22P/c1-6-11(28)19(17(34)22(40-6)43-10(5-39-46(36,37)38)12(29)7(27)2-24)44-23-18(35)20(14(31)9(4-26)42-23)45-21-16(33)15(32)13(30)8(3-25)41-21/h6-35H,2-5H2,1H3,(H2,36,37,38)/t6-,7-,8+,9+,10+,11-,12-,13-,14+,15-,16+,17+,18+,19+,20-,21+,22-,23+/m0/s1. The van der Waals surface area contributed by atoms with Crippen LogP contribution < -0.4 is 0 Å². The van der Waals surface area contributed by atoms with Gasteiger partial charge in [0.25, 0.3) is 0 Å². The molecule has 3 rings (SSSR count). The van der Waals surface area contributed by atoms with Crippen molar-refractivity contribution in [2.45, 2.75) is 117 Å². The van der Waals surface area contributed by atoms with E-state index >= 15 is 0 Å². The summed E-state index contributed by atoms with van der Waals surface area (Å²) in [7, 11) is -5.14. The van der Waals surface area contributed by atoms with E-state index in [4.69, 9.17) is 38.2 Å². The second-order valence-corrected chi connectivity index (χ2v) is 12.2. The van der Waals surface area contributed by atoms with Gasteiger partial charge in [-0.25, -0.2) is 4.57 Å². The van der Waals surface area contributed by atoms with Gasteiger partial charge in [0.05, 0.1) is 32.5 Å². The second kappa shape index (κ2) is 16.9. The molecule has 46 heavy (non-hydrogen) atoms. The molecule has 3 aliphatic rings. The van der Waals surface area contributed by atoms with Crippen molar-refractivity contribution in [3.05, 3.63) is 0 Å². The Hall–Kier alpha value is -0.610. The first-order valence-corrected chi connectivity index (χ1v) is 15.6. The van der Waals surface area contributed by atoms with E-state index in [0.29, 0.717) is 0 Å². The van der Waals surface area contributed by atoms with E-state index in [1.807, 2.05) is 0 Å². The zero-order valence-corrected chi connectivity index (χ0v) is 25.1. The molecule has 0 radical (unpaired) electrons. The molecule has 0 aromatic carbocycles. The second-order valence-electron chi connectivity index (χ2n) is 11.0. The summed E-state index contributed by atoms with van der Waals surface area (Å²) in [6.45, 7) is -2.57. The molecule has 14 N–H and O–H groups in total. The van der Waals surface area contributed by atoms with Gasteiger partial charge in [-0.05, 0) is 6.92 Å². The maximum atomic E-state index is 11.2. The molecule has 0 aliphatic carbocycles. The fourth-order valence-corrected chi connectivity index (χ4v) is 5.34. The Morgan fingerprint density at radius 3 is 1.70 bits per heavy atom. The maximum absolute atomic E-state index is 11.2. The highest BCUT2D eigenvalue weighted by atomic mass is 31.2. The van der Waals surface area contributed by atoms with Crippen molar-refractivity contribution < 1.29 is 109 Å². The lowest BCUT2D eigenvalue weighted by Crippen LogP contribution is -2.66. The number of rotatable bonds is 14. The van der Waals surface area contributed by atoms with E-state index < -0.39 is 145 Å². The number of hydrogen-bond donors (Lipinski definition) is 14. The molecule has 3 heterocycles. The summed E-state index contributed by atoms with van der Waals surface area (Å²) in [6.07, 6.45) is -32.6. The third kappa shape index (κ3) is 9.34. The van der Waals surface area contributed by atoms with Gasteiger partial charge in [-0.2, -0.15) is 0 Å². The number of aliphatic hydroxyl groups is 12. The molecule has 0 amide bonds. The molecule has 3 aliphatic heterocycles. The van der Waals surface area contributed by atoms with Crippen LogP contribution in [0.4, 0.5) is 0 Å². The van der Waals surface area contributed by atoms with Gasteiger partial charge < -0.3 is 99.5 Å². The zero-order chi connectivity index (χ0) is 34.7. The largest absolute Gasteiger partial charge is 0.469 e. The van der Waals surface area contributed by atoms with Crippen molar-refractivity contribution in [1.82, 2.24) is 0 Å². The Morgan fingerprint density at radius 2 is 1.17 bits per heavy atom. The van der Waals surface area contributed by atoms with Crippen LogP contribution in [-0.2, 0) is 37.5 Å². The molecule has 3 fully saturated rings. The number of ether oxygens (including phenoxy) is 6. The smallest absolute Gasteiger partial charge is 0.394 e. The van der Waals surface area contributed by atoms with E-state index in [9.17, 15) is 65.8 Å². The molecule has 0 saturated carbocycles. The molecule has 18 atom stereocenters. The van der Waals surface area contributed by atoms with Crippen LogP contribution >= 0.6 is 7.82 Å². The quantitative estimate of drug-likeness (QED) is 0.0747. The molecule has 3 saturated heterocycles. The monoisotopic (exact) mass is 702 g/mol. The molecule has 0 bridgehead atoms. The summed E-state index contributed by atoms with van der Waals surface area (Å²) >= 11 is 0. The lowest BCUT2D eigenvalue weighted by molar-refractivity contribution is -0.382. The van der Waals surface area contributed by atoms with Crippen molar-refractivity contribution in [2.24, 2.45) is 0 Å². The summed E-state index contributed by atoms with van der Waals surface area (Å²) in [5.41, 5.74) is 0. The van der Waals surface area contributed by atoms with Crippen molar-refractivity contribution in [1.29, 1.82) is 0 Å². The topological polar surface area (TPSA) is 365 Å². The van der Waals surface area contributed by atoms with Crippen molar-refractivity contribution >= 4 is 7.82 Å². The Labute approximate surface area is 260 Å². The lowest BCUT2D eigenvalue weighted by Gasteiger charge is -2.48. The Kier molecular flexibility index (Phi) is 14.6. The molecule has 0 aromatic heterocycles. The van der Waals surface area contributed by atoms with Gasteiger partial charge in [0.2, 0.25) is 0 Å². The van der Waals surface area contributed by atoms with Gasteiger partial charge in [0.1, 0.15) is 85.5 Å². The van der Waals surface area contributed by atoms with Crippen LogP contribution in [0, 0.1) is 0 Å². The predicted octanol–water partition coefficient (Wildman–Crippen LogP) is -8.33. The van der Waals surface area contributed by atoms with E-state index in [1.54, 1.807) is 0 Å². The summed E-state index contributed by atoms with van der Waals surface area (Å²) in [6, 6.07) is 0. The van der Waals surface area contributed by atoms with Crippen LogP contribution in [0.25, 0.3) is 0 Å². The van der Waals surface area contributed by atoms with Gasteiger partial charge in [0.15, 0.2) is 18.9 Å². The van der Waals surface area contributed by atoms with Crippen molar-refractivity contribution in [3.63, 3.8) is 0 Å². The molecule has 23 heteroatoms. The molecule has 0 aromatic rings. The molecule has 272 valence electrons. The first-order valence-electron chi connectivity index (χ1n) is 14.0. The SMILES string of the molecule is C[C@@H]1O[C@@H](O[C@H](COP(=O)(O)O)[C@@H](O)[C@@H](O)CO)[C@H](O)[C@H](O[C@H]2O[C@H](CO)[C@@H](O)[C@H](O[C@H]3O[C@H](CO)[C@H](O)[C@H](O)[C@H]3O)[C@H]2O)[C@H]1O. The summed E-state index contributed by atoms with van der Waals surface area (Å²) in [5, 5.41) is 122. The van der Waals surface area contributed by atoms with Gasteiger partial charge in [0, 0.05) is 0 Å².